The van der Waals surface area contributed by atoms with Crippen molar-refractivity contribution in [2.45, 2.75) is 32.2 Å². The number of ether oxygens (including phenoxy) is 1. The van der Waals surface area contributed by atoms with Crippen molar-refractivity contribution < 1.29 is 4.74 Å². The van der Waals surface area contributed by atoms with Crippen molar-refractivity contribution in [2.24, 2.45) is 0 Å². The molecule has 120 valence electrons. The van der Waals surface area contributed by atoms with Crippen LogP contribution in [0.3, 0.4) is 0 Å². The Kier molecular flexibility index (Phi) is 7.51. The van der Waals surface area contributed by atoms with Gasteiger partial charge in [-0.3, -0.25) is 0 Å². The Morgan fingerprint density at radius 3 is 2.65 bits per heavy atom. The summed E-state index contributed by atoms with van der Waals surface area (Å²) in [6.07, 6.45) is 3.61. The molecule has 0 bridgehead atoms. The molecule has 23 heavy (non-hydrogen) atoms. The average Bonchev–Trinajstić information content (AvgIpc) is 2.59. The Morgan fingerprint density at radius 1 is 0.957 bits per heavy atom. The zero-order chi connectivity index (χ0) is 16.2. The van der Waals surface area contributed by atoms with E-state index in [0.29, 0.717) is 19.6 Å². The molecule has 2 aromatic carbocycles. The number of hydrogen-bond acceptors (Lipinski definition) is 4. The Morgan fingerprint density at radius 2 is 1.83 bits per heavy atom. The van der Waals surface area contributed by atoms with Gasteiger partial charge in [0.25, 0.3) is 0 Å². The minimum Gasteiger partial charge on any atom is -0.494 e. The quantitative estimate of drug-likeness (QED) is 0.508. The lowest BCUT2D eigenvalue weighted by Crippen LogP contribution is -2.20. The van der Waals surface area contributed by atoms with Crippen molar-refractivity contribution in [1.82, 2.24) is 5.43 Å². The van der Waals surface area contributed by atoms with Crippen molar-refractivity contribution in [3.63, 3.8) is 0 Å². The molecule has 0 unspecified atom stereocenters. The van der Waals surface area contributed by atoms with Crippen molar-refractivity contribution in [3.8, 4) is 11.8 Å². The zero-order valence-electron chi connectivity index (χ0n) is 13.3. The van der Waals surface area contributed by atoms with E-state index in [1.807, 2.05) is 42.5 Å². The number of anilines is 1. The van der Waals surface area contributed by atoms with E-state index in [4.69, 9.17) is 10.00 Å². The molecule has 2 N–H and O–H groups in total. The van der Waals surface area contributed by atoms with E-state index in [0.717, 1.165) is 36.3 Å². The summed E-state index contributed by atoms with van der Waals surface area (Å²) in [5.41, 5.74) is 8.57. The largest absolute Gasteiger partial charge is 0.494 e. The predicted octanol–water partition coefficient (Wildman–Crippen LogP) is 4.27. The highest BCUT2D eigenvalue weighted by molar-refractivity contribution is 5.41. The lowest BCUT2D eigenvalue weighted by Gasteiger charge is -2.10. The summed E-state index contributed by atoms with van der Waals surface area (Å²) >= 11 is 0. The number of nitrogens with one attached hydrogen (secondary N) is 2. The highest BCUT2D eigenvalue weighted by Crippen LogP contribution is 2.14. The van der Waals surface area contributed by atoms with Crippen molar-refractivity contribution in [1.29, 1.82) is 5.26 Å². The van der Waals surface area contributed by atoms with Gasteiger partial charge in [0, 0.05) is 18.7 Å². The average molecular weight is 309 g/mol. The molecule has 0 spiro atoms. The molecule has 0 amide bonds. The standard InChI is InChI=1S/C19H23N3O/c20-13-6-1-2-7-14-23-19-12-8-9-17(15-19)16-21-22-18-10-4-3-5-11-18/h3-5,8-12,15,21-22H,1-2,6-7,14,16H2. The van der Waals surface area contributed by atoms with E-state index in [2.05, 4.69) is 29.1 Å². The van der Waals surface area contributed by atoms with Crippen molar-refractivity contribution in [3.05, 3.63) is 60.2 Å². The summed E-state index contributed by atoms with van der Waals surface area (Å²) in [5.74, 6) is 0.893. The molecule has 0 radical (unpaired) electrons. The maximum Gasteiger partial charge on any atom is 0.119 e. The van der Waals surface area contributed by atoms with E-state index in [1.54, 1.807) is 0 Å². The monoisotopic (exact) mass is 309 g/mol. The van der Waals surface area contributed by atoms with Gasteiger partial charge >= 0.3 is 0 Å². The van der Waals surface area contributed by atoms with Gasteiger partial charge in [-0.25, -0.2) is 5.43 Å². The summed E-state index contributed by atoms with van der Waals surface area (Å²) in [4.78, 5) is 0. The summed E-state index contributed by atoms with van der Waals surface area (Å²) < 4.78 is 5.76. The molecule has 2 rings (SSSR count). The Bertz CT molecular complexity index is 608. The van der Waals surface area contributed by atoms with Gasteiger partial charge in [-0.05, 0) is 49.1 Å². The molecule has 0 aromatic heterocycles. The molecular formula is C19H23N3O. The second-order valence-electron chi connectivity index (χ2n) is 5.31. The SMILES string of the molecule is N#CCCCCCOc1cccc(CNNc2ccccc2)c1. The Labute approximate surface area is 138 Å². The topological polar surface area (TPSA) is 57.1 Å². The third-order valence-corrected chi connectivity index (χ3v) is 3.40. The summed E-state index contributed by atoms with van der Waals surface area (Å²) in [5, 5.41) is 8.48. The molecule has 0 fully saturated rings. The minimum absolute atomic E-state index is 0.634. The number of nitrogens with zero attached hydrogens (tertiary/aromatic N) is 1. The van der Waals surface area contributed by atoms with Gasteiger partial charge in [-0.15, -0.1) is 0 Å². The molecule has 0 aliphatic carbocycles. The summed E-state index contributed by atoms with van der Waals surface area (Å²) in [7, 11) is 0. The van der Waals surface area contributed by atoms with Crippen LogP contribution in [0.4, 0.5) is 5.69 Å². The highest BCUT2D eigenvalue weighted by atomic mass is 16.5. The molecule has 4 heteroatoms. The first-order chi connectivity index (χ1) is 11.4. The number of unbranched alkanes of at least 4 members (excludes halogenated alkanes) is 3. The lowest BCUT2D eigenvalue weighted by atomic mass is 10.2. The van der Waals surface area contributed by atoms with Crippen LogP contribution in [0.2, 0.25) is 0 Å². The zero-order valence-corrected chi connectivity index (χ0v) is 13.3. The number of rotatable bonds is 10. The molecular weight excluding hydrogens is 286 g/mol. The predicted molar refractivity (Wildman–Crippen MR) is 92.9 cm³/mol. The molecule has 0 aliphatic rings. The number of nitriles is 1. The van der Waals surface area contributed by atoms with Crippen LogP contribution in [-0.2, 0) is 6.54 Å². The van der Waals surface area contributed by atoms with Crippen LogP contribution in [-0.4, -0.2) is 6.61 Å². The van der Waals surface area contributed by atoms with E-state index in [-0.39, 0.29) is 0 Å². The maximum absolute atomic E-state index is 8.48. The summed E-state index contributed by atoms with van der Waals surface area (Å²) in [6, 6.07) is 20.3. The Balaban J connectivity index is 1.69. The first-order valence-corrected chi connectivity index (χ1v) is 8.01. The fourth-order valence-electron chi connectivity index (χ4n) is 2.19. The fraction of sp³-hybridized carbons (Fsp3) is 0.316. The van der Waals surface area contributed by atoms with Crippen LogP contribution < -0.4 is 15.6 Å². The van der Waals surface area contributed by atoms with Crippen LogP contribution in [0, 0.1) is 11.3 Å². The molecule has 2 aromatic rings. The van der Waals surface area contributed by atoms with Crippen molar-refractivity contribution in [2.75, 3.05) is 12.0 Å². The van der Waals surface area contributed by atoms with E-state index in [9.17, 15) is 0 Å². The lowest BCUT2D eigenvalue weighted by molar-refractivity contribution is 0.305. The number of hydrazine groups is 1. The first-order valence-electron chi connectivity index (χ1n) is 8.01. The highest BCUT2D eigenvalue weighted by Gasteiger charge is 1.98. The van der Waals surface area contributed by atoms with Crippen LogP contribution >= 0.6 is 0 Å². The van der Waals surface area contributed by atoms with Crippen LogP contribution in [0.5, 0.6) is 5.75 Å². The van der Waals surface area contributed by atoms with Gasteiger partial charge in [0.15, 0.2) is 0 Å². The maximum atomic E-state index is 8.48. The smallest absolute Gasteiger partial charge is 0.119 e. The number of benzene rings is 2. The van der Waals surface area contributed by atoms with Crippen LogP contribution in [0.15, 0.2) is 54.6 Å². The molecule has 0 saturated heterocycles. The van der Waals surface area contributed by atoms with Gasteiger partial charge in [0.1, 0.15) is 5.75 Å². The van der Waals surface area contributed by atoms with Gasteiger partial charge < -0.3 is 10.2 Å². The second kappa shape index (κ2) is 10.3. The summed E-state index contributed by atoms with van der Waals surface area (Å²) in [6.45, 7) is 1.42. The molecule has 4 nitrogen and oxygen atoms in total. The fourth-order valence-corrected chi connectivity index (χ4v) is 2.19. The van der Waals surface area contributed by atoms with E-state index in [1.165, 1.54) is 0 Å². The van der Waals surface area contributed by atoms with Crippen LogP contribution in [0.1, 0.15) is 31.2 Å². The van der Waals surface area contributed by atoms with Crippen molar-refractivity contribution >= 4 is 5.69 Å². The van der Waals surface area contributed by atoms with Gasteiger partial charge in [-0.1, -0.05) is 30.3 Å². The van der Waals surface area contributed by atoms with E-state index < -0.39 is 0 Å². The van der Waals surface area contributed by atoms with Crippen LogP contribution in [0.25, 0.3) is 0 Å². The van der Waals surface area contributed by atoms with E-state index >= 15 is 0 Å². The normalized spacial score (nSPS) is 10.0. The second-order valence-corrected chi connectivity index (χ2v) is 5.31. The Hall–Kier alpha value is -2.51. The molecule has 0 aliphatic heterocycles. The molecule has 0 heterocycles. The minimum atomic E-state index is 0.634. The molecule has 0 saturated carbocycles. The van der Waals surface area contributed by atoms with Gasteiger partial charge in [0.05, 0.1) is 12.7 Å². The molecule has 0 atom stereocenters. The van der Waals surface area contributed by atoms with Gasteiger partial charge in [0.2, 0.25) is 0 Å². The third kappa shape index (κ3) is 6.86. The third-order valence-electron chi connectivity index (χ3n) is 3.40. The van der Waals surface area contributed by atoms with Gasteiger partial charge in [-0.2, -0.15) is 5.26 Å². The number of para-hydroxylation sites is 1. The number of hydrogen-bond donors (Lipinski definition) is 2. The first kappa shape index (κ1) is 16.9.